The second kappa shape index (κ2) is 10.9. The third-order valence-electron chi connectivity index (χ3n) is 7.47. The molecule has 2 aliphatic rings. The molecule has 2 aliphatic heterocycles. The number of ether oxygens (including phenoxy) is 6. The summed E-state index contributed by atoms with van der Waals surface area (Å²) < 4.78 is 31.1. The molecule has 2 aromatic rings. The predicted octanol–water partition coefficient (Wildman–Crippen LogP) is 0.244. The molecule has 0 radical (unpaired) electrons. The van der Waals surface area contributed by atoms with Crippen LogP contribution in [0.4, 0.5) is 5.69 Å². The number of anilines is 1. The van der Waals surface area contributed by atoms with Crippen LogP contribution >= 0.6 is 0 Å². The Labute approximate surface area is 238 Å². The van der Waals surface area contributed by atoms with Gasteiger partial charge >= 0.3 is 35.8 Å². The minimum absolute atomic E-state index is 0.0205. The fourth-order valence-corrected chi connectivity index (χ4v) is 6.00. The number of nitrogens with zero attached hydrogens (tertiary/aromatic N) is 3. The molecule has 0 saturated carbocycles. The molecule has 0 bridgehead atoms. The molecule has 0 N–H and O–H groups in total. The van der Waals surface area contributed by atoms with Gasteiger partial charge in [-0.2, -0.15) is 5.26 Å². The highest BCUT2D eigenvalue weighted by Gasteiger charge is 2.75. The maximum Gasteiger partial charge on any atom is 0.356 e. The summed E-state index contributed by atoms with van der Waals surface area (Å²) in [5, 5.41) is 10.5. The molecule has 4 rings (SSSR count). The van der Waals surface area contributed by atoms with E-state index in [1.165, 1.54) is 24.3 Å². The zero-order chi connectivity index (χ0) is 31.1. The third-order valence-corrected chi connectivity index (χ3v) is 7.47. The molecule has 42 heavy (non-hydrogen) atoms. The molecule has 0 spiro atoms. The summed E-state index contributed by atoms with van der Waals surface area (Å²) in [4.78, 5) is 82.3. The van der Waals surface area contributed by atoms with Crippen molar-refractivity contribution >= 4 is 41.5 Å². The lowest BCUT2D eigenvalue weighted by Gasteiger charge is -2.46. The van der Waals surface area contributed by atoms with Crippen LogP contribution in [0.1, 0.15) is 32.1 Å². The Bertz CT molecular complexity index is 1570. The maximum absolute atomic E-state index is 14.2. The van der Waals surface area contributed by atoms with Gasteiger partial charge in [0.2, 0.25) is 0 Å². The van der Waals surface area contributed by atoms with Crippen molar-refractivity contribution in [1.29, 1.82) is 5.26 Å². The standard InChI is InChI=1S/C27H25N3O12/c1-37-21(31)15-12(11-28)20-27(26(36)42-6)17(23(33)39-3)16(22(32)38-2)19(25(35)41-5)30(27)14-10-8-7-9-13(14)29(20)18(15)24(34)40-4/h7-10,16-17,19H,1-6H3/t16-,17-,19+,27+/m0/s1. The van der Waals surface area contributed by atoms with Gasteiger partial charge in [-0.05, 0) is 12.1 Å². The molecule has 0 unspecified atom stereocenters. The van der Waals surface area contributed by atoms with E-state index < -0.39 is 81.7 Å². The Morgan fingerprint density at radius 3 is 1.83 bits per heavy atom. The summed E-state index contributed by atoms with van der Waals surface area (Å²) in [7, 11) is 6.04. The van der Waals surface area contributed by atoms with Gasteiger partial charge in [-0.3, -0.25) is 9.59 Å². The molecule has 1 saturated heterocycles. The number of hydrogen-bond acceptors (Lipinski definition) is 14. The van der Waals surface area contributed by atoms with E-state index >= 15 is 0 Å². The smallest absolute Gasteiger partial charge is 0.356 e. The predicted molar refractivity (Wildman–Crippen MR) is 136 cm³/mol. The quantitative estimate of drug-likeness (QED) is 0.332. The summed E-state index contributed by atoms with van der Waals surface area (Å²) in [6.45, 7) is 0. The molecule has 1 aromatic heterocycles. The van der Waals surface area contributed by atoms with Gasteiger partial charge in [0.25, 0.3) is 0 Å². The van der Waals surface area contributed by atoms with Crippen LogP contribution in [0, 0.1) is 23.2 Å². The average molecular weight is 584 g/mol. The molecule has 1 aromatic carbocycles. The molecule has 3 heterocycles. The van der Waals surface area contributed by atoms with Crippen molar-refractivity contribution in [2.24, 2.45) is 11.8 Å². The van der Waals surface area contributed by atoms with Crippen LogP contribution in [0.5, 0.6) is 0 Å². The first-order chi connectivity index (χ1) is 20.1. The first-order valence-corrected chi connectivity index (χ1v) is 12.1. The van der Waals surface area contributed by atoms with Gasteiger partial charge in [0.1, 0.15) is 35.2 Å². The number of rotatable bonds is 6. The Morgan fingerprint density at radius 1 is 0.762 bits per heavy atom. The van der Waals surface area contributed by atoms with Crippen LogP contribution in [-0.2, 0) is 53.1 Å². The molecule has 0 aliphatic carbocycles. The second-order valence-corrected chi connectivity index (χ2v) is 9.01. The Hall–Kier alpha value is -5.39. The van der Waals surface area contributed by atoms with Gasteiger partial charge in [-0.25, -0.2) is 19.2 Å². The van der Waals surface area contributed by atoms with Crippen LogP contribution in [0.3, 0.4) is 0 Å². The van der Waals surface area contributed by atoms with E-state index in [2.05, 4.69) is 0 Å². The largest absolute Gasteiger partial charge is 0.469 e. The van der Waals surface area contributed by atoms with Gasteiger partial charge in [0.05, 0.1) is 65.3 Å². The number of carbonyl (C=O) groups excluding carboxylic acids is 6. The minimum atomic E-state index is -2.59. The molecule has 4 atom stereocenters. The number of aromatic nitrogens is 1. The van der Waals surface area contributed by atoms with Crippen LogP contribution < -0.4 is 4.90 Å². The molecular formula is C27H25N3O12. The van der Waals surface area contributed by atoms with Gasteiger partial charge in [-0.15, -0.1) is 0 Å². The van der Waals surface area contributed by atoms with E-state index in [9.17, 15) is 34.0 Å². The average Bonchev–Trinajstić information content (AvgIpc) is 3.55. The SMILES string of the molecule is COC(=O)c1c(C#N)c2n(c1C(=O)OC)-c1ccccc1N1[C@@H](C(=O)OC)[C@@H](C(=O)OC)[C@@H](C(=O)OC)[C@]21C(=O)OC. The number of esters is 6. The summed E-state index contributed by atoms with van der Waals surface area (Å²) in [6, 6.07) is 6.05. The van der Waals surface area contributed by atoms with E-state index in [0.29, 0.717) is 0 Å². The molecule has 15 heteroatoms. The highest BCUT2D eigenvalue weighted by Crippen LogP contribution is 2.59. The van der Waals surface area contributed by atoms with Crippen LogP contribution in [0.25, 0.3) is 5.69 Å². The number of fused-ring (bicyclic) bond motifs is 6. The van der Waals surface area contributed by atoms with Crippen molar-refractivity contribution in [3.05, 3.63) is 46.8 Å². The molecular weight excluding hydrogens is 558 g/mol. The van der Waals surface area contributed by atoms with E-state index in [1.807, 2.05) is 6.07 Å². The van der Waals surface area contributed by atoms with Crippen molar-refractivity contribution in [1.82, 2.24) is 4.57 Å². The number of para-hydroxylation sites is 2. The van der Waals surface area contributed by atoms with Gasteiger partial charge in [-0.1, -0.05) is 12.1 Å². The van der Waals surface area contributed by atoms with Crippen molar-refractivity contribution in [2.45, 2.75) is 11.6 Å². The lowest BCUT2D eigenvalue weighted by molar-refractivity contribution is -0.165. The summed E-state index contributed by atoms with van der Waals surface area (Å²) >= 11 is 0. The monoisotopic (exact) mass is 583 g/mol. The molecule has 15 nitrogen and oxygen atoms in total. The number of methoxy groups -OCH3 is 6. The summed E-state index contributed by atoms with van der Waals surface area (Å²) in [6.07, 6.45) is 0. The number of hydrogen-bond donors (Lipinski definition) is 0. The lowest BCUT2D eigenvalue weighted by Crippen LogP contribution is -2.60. The Balaban J connectivity index is 2.40. The first kappa shape index (κ1) is 29.6. The van der Waals surface area contributed by atoms with Crippen molar-refractivity contribution in [3.8, 4) is 11.8 Å². The summed E-state index contributed by atoms with van der Waals surface area (Å²) in [5.74, 6) is -10.6. The van der Waals surface area contributed by atoms with Gasteiger partial charge in [0, 0.05) is 0 Å². The highest BCUT2D eigenvalue weighted by molar-refractivity contribution is 6.10. The summed E-state index contributed by atoms with van der Waals surface area (Å²) in [5.41, 5.74) is -4.65. The molecule has 1 fully saturated rings. The fraction of sp³-hybridized carbons (Fsp3) is 0.370. The zero-order valence-electron chi connectivity index (χ0n) is 23.3. The highest BCUT2D eigenvalue weighted by atomic mass is 16.6. The number of nitriles is 1. The Kier molecular flexibility index (Phi) is 7.67. The van der Waals surface area contributed by atoms with E-state index in [4.69, 9.17) is 28.4 Å². The topological polar surface area (TPSA) is 190 Å². The molecule has 220 valence electrons. The van der Waals surface area contributed by atoms with Crippen molar-refractivity contribution in [2.75, 3.05) is 47.6 Å². The number of benzene rings is 1. The third kappa shape index (κ3) is 3.64. The van der Waals surface area contributed by atoms with E-state index in [-0.39, 0.29) is 11.4 Å². The van der Waals surface area contributed by atoms with Crippen LogP contribution in [-0.4, -0.2) is 89.1 Å². The normalized spacial score (nSPS) is 21.5. The molecule has 0 amide bonds. The number of carbonyl (C=O) groups is 6. The zero-order valence-corrected chi connectivity index (χ0v) is 23.3. The van der Waals surface area contributed by atoms with Crippen LogP contribution in [0.2, 0.25) is 0 Å². The van der Waals surface area contributed by atoms with E-state index in [1.54, 1.807) is 0 Å². The fourth-order valence-electron chi connectivity index (χ4n) is 6.00. The minimum Gasteiger partial charge on any atom is -0.469 e. The van der Waals surface area contributed by atoms with Crippen LogP contribution in [0.15, 0.2) is 24.3 Å². The van der Waals surface area contributed by atoms with Crippen molar-refractivity contribution in [3.63, 3.8) is 0 Å². The van der Waals surface area contributed by atoms with E-state index in [0.717, 1.165) is 52.1 Å². The Morgan fingerprint density at radius 2 is 1.33 bits per heavy atom. The lowest BCUT2D eigenvalue weighted by atomic mass is 9.74. The first-order valence-electron chi connectivity index (χ1n) is 12.1. The van der Waals surface area contributed by atoms with Gasteiger partial charge < -0.3 is 37.9 Å². The second-order valence-electron chi connectivity index (χ2n) is 9.01. The van der Waals surface area contributed by atoms with Gasteiger partial charge in [0.15, 0.2) is 5.54 Å². The maximum atomic E-state index is 14.2. The van der Waals surface area contributed by atoms with Crippen molar-refractivity contribution < 1.29 is 57.2 Å².